The Morgan fingerprint density at radius 2 is 1.90 bits per heavy atom. The van der Waals surface area contributed by atoms with Crippen LogP contribution in [-0.2, 0) is 16.0 Å². The fourth-order valence-corrected chi connectivity index (χ4v) is 2.93. The largest absolute Gasteiger partial charge is 0.444 e. The molecule has 2 rings (SSSR count). The first-order valence-electron chi connectivity index (χ1n) is 9.84. The van der Waals surface area contributed by atoms with Crippen LogP contribution in [0, 0.1) is 6.92 Å². The van der Waals surface area contributed by atoms with Crippen LogP contribution in [0.5, 0.6) is 5.75 Å². The number of carbonyl (C=O) groups is 2. The van der Waals surface area contributed by atoms with Gasteiger partial charge in [0.1, 0.15) is 16.9 Å². The smallest absolute Gasteiger partial charge is 0.407 e. The molecule has 158 valence electrons. The van der Waals surface area contributed by atoms with E-state index in [2.05, 4.69) is 5.32 Å². The van der Waals surface area contributed by atoms with E-state index in [4.69, 9.17) is 13.9 Å². The Morgan fingerprint density at radius 3 is 2.55 bits per heavy atom. The molecule has 7 heteroatoms. The standard InChI is InChI=1S/C22H29NO6/c1-6-8-15-13-19(25)28-17-12-14(2)11-16(20(15)17)27-18(24)9-7-10-23-21(26)29-22(3,4)5/h11-13H,6-10H2,1-5H3,(H,23,26). The number of rotatable bonds is 7. The van der Waals surface area contributed by atoms with Crippen molar-refractivity contribution in [2.24, 2.45) is 0 Å². The maximum absolute atomic E-state index is 12.3. The first-order chi connectivity index (χ1) is 13.6. The third-order valence-corrected chi connectivity index (χ3v) is 4.00. The molecule has 1 aromatic carbocycles. The normalized spacial score (nSPS) is 11.3. The van der Waals surface area contributed by atoms with E-state index in [1.165, 1.54) is 6.07 Å². The zero-order valence-electron chi connectivity index (χ0n) is 17.7. The molecule has 0 aliphatic carbocycles. The van der Waals surface area contributed by atoms with Gasteiger partial charge in [0.25, 0.3) is 0 Å². The van der Waals surface area contributed by atoms with Crippen LogP contribution in [0.25, 0.3) is 11.0 Å². The van der Waals surface area contributed by atoms with Crippen molar-refractivity contribution in [1.82, 2.24) is 5.32 Å². The summed E-state index contributed by atoms with van der Waals surface area (Å²) < 4.78 is 16.0. The molecule has 0 fully saturated rings. The second-order valence-corrected chi connectivity index (χ2v) is 7.98. The number of carbonyl (C=O) groups excluding carboxylic acids is 2. The summed E-state index contributed by atoms with van der Waals surface area (Å²) in [5.74, 6) is -0.0335. The number of amides is 1. The fraction of sp³-hybridized carbons (Fsp3) is 0.500. The number of ether oxygens (including phenoxy) is 2. The Bertz CT molecular complexity index is 939. The lowest BCUT2D eigenvalue weighted by Gasteiger charge is -2.19. The van der Waals surface area contributed by atoms with Gasteiger partial charge in [-0.15, -0.1) is 0 Å². The average molecular weight is 403 g/mol. The highest BCUT2D eigenvalue weighted by Gasteiger charge is 2.17. The Morgan fingerprint density at radius 1 is 1.17 bits per heavy atom. The second kappa shape index (κ2) is 9.58. The summed E-state index contributed by atoms with van der Waals surface area (Å²) in [5.41, 5.74) is 1.05. The van der Waals surface area contributed by atoms with Crippen LogP contribution < -0.4 is 15.7 Å². The lowest BCUT2D eigenvalue weighted by Crippen LogP contribution is -2.33. The molecule has 0 aliphatic rings. The number of benzene rings is 1. The molecular formula is C22H29NO6. The van der Waals surface area contributed by atoms with Crippen LogP contribution in [0.3, 0.4) is 0 Å². The fourth-order valence-electron chi connectivity index (χ4n) is 2.93. The van der Waals surface area contributed by atoms with E-state index in [-0.39, 0.29) is 6.42 Å². The van der Waals surface area contributed by atoms with Crippen LogP contribution in [0.1, 0.15) is 58.1 Å². The number of hydrogen-bond acceptors (Lipinski definition) is 6. The maximum Gasteiger partial charge on any atom is 0.407 e. The predicted molar refractivity (Wildman–Crippen MR) is 110 cm³/mol. The molecule has 0 atom stereocenters. The highest BCUT2D eigenvalue weighted by molar-refractivity contribution is 5.90. The summed E-state index contributed by atoms with van der Waals surface area (Å²) in [6.45, 7) is 9.50. The van der Waals surface area contributed by atoms with E-state index < -0.39 is 23.3 Å². The molecule has 1 amide bonds. The van der Waals surface area contributed by atoms with Gasteiger partial charge in [-0.3, -0.25) is 4.79 Å². The molecular weight excluding hydrogens is 374 g/mol. The minimum atomic E-state index is -0.569. The number of nitrogens with one attached hydrogen (secondary N) is 1. The van der Waals surface area contributed by atoms with Gasteiger partial charge in [-0.1, -0.05) is 13.3 Å². The molecule has 0 unspecified atom stereocenters. The van der Waals surface area contributed by atoms with Crippen LogP contribution in [-0.4, -0.2) is 24.2 Å². The van der Waals surface area contributed by atoms with Crippen molar-refractivity contribution in [3.63, 3.8) is 0 Å². The molecule has 29 heavy (non-hydrogen) atoms. The van der Waals surface area contributed by atoms with Crippen molar-refractivity contribution in [2.75, 3.05) is 6.54 Å². The third-order valence-electron chi connectivity index (χ3n) is 4.00. The Hall–Kier alpha value is -2.83. The highest BCUT2D eigenvalue weighted by atomic mass is 16.6. The van der Waals surface area contributed by atoms with E-state index in [1.807, 2.05) is 13.8 Å². The minimum Gasteiger partial charge on any atom is -0.444 e. The lowest BCUT2D eigenvalue weighted by atomic mass is 10.0. The Labute approximate surface area is 170 Å². The average Bonchev–Trinajstić information content (AvgIpc) is 2.56. The predicted octanol–water partition coefficient (Wildman–Crippen LogP) is 4.26. The monoisotopic (exact) mass is 403 g/mol. The van der Waals surface area contributed by atoms with Crippen molar-refractivity contribution in [3.05, 3.63) is 39.7 Å². The van der Waals surface area contributed by atoms with Gasteiger partial charge >= 0.3 is 17.7 Å². The van der Waals surface area contributed by atoms with Gasteiger partial charge in [0.2, 0.25) is 0 Å². The number of esters is 1. The van der Waals surface area contributed by atoms with Crippen LogP contribution in [0.4, 0.5) is 4.79 Å². The number of hydrogen-bond donors (Lipinski definition) is 1. The summed E-state index contributed by atoms with van der Waals surface area (Å²) in [5, 5.41) is 3.26. The van der Waals surface area contributed by atoms with Crippen LogP contribution in [0.2, 0.25) is 0 Å². The number of alkyl carbamates (subject to hydrolysis) is 1. The van der Waals surface area contributed by atoms with Crippen molar-refractivity contribution in [2.45, 2.75) is 65.9 Å². The number of fused-ring (bicyclic) bond motifs is 1. The SMILES string of the molecule is CCCc1cc(=O)oc2cc(C)cc(OC(=O)CCCNC(=O)OC(C)(C)C)c12. The van der Waals surface area contributed by atoms with E-state index in [1.54, 1.807) is 32.9 Å². The van der Waals surface area contributed by atoms with Crippen molar-refractivity contribution < 1.29 is 23.5 Å². The maximum atomic E-state index is 12.3. The molecule has 1 aromatic heterocycles. The quantitative estimate of drug-likeness (QED) is 0.321. The first-order valence-corrected chi connectivity index (χ1v) is 9.84. The van der Waals surface area contributed by atoms with Crippen LogP contribution in [0.15, 0.2) is 27.4 Å². The number of aryl methyl sites for hydroxylation is 2. The molecule has 0 saturated heterocycles. The van der Waals surface area contributed by atoms with Crippen molar-refractivity contribution >= 4 is 23.0 Å². The molecule has 0 saturated carbocycles. The van der Waals surface area contributed by atoms with E-state index >= 15 is 0 Å². The molecule has 0 radical (unpaired) electrons. The van der Waals surface area contributed by atoms with Crippen molar-refractivity contribution in [3.8, 4) is 5.75 Å². The van der Waals surface area contributed by atoms with Gasteiger partial charge in [0.05, 0.1) is 5.39 Å². The third kappa shape index (κ3) is 6.93. The first kappa shape index (κ1) is 22.5. The topological polar surface area (TPSA) is 94.8 Å². The van der Waals surface area contributed by atoms with Gasteiger partial charge in [0, 0.05) is 19.0 Å². The zero-order valence-corrected chi connectivity index (χ0v) is 17.7. The minimum absolute atomic E-state index is 0.130. The molecule has 1 N–H and O–H groups in total. The van der Waals surface area contributed by atoms with Gasteiger partial charge in [-0.2, -0.15) is 0 Å². The van der Waals surface area contributed by atoms with E-state index in [9.17, 15) is 14.4 Å². The van der Waals surface area contributed by atoms with Gasteiger partial charge < -0.3 is 19.2 Å². The summed E-state index contributed by atoms with van der Waals surface area (Å²) in [4.78, 5) is 35.8. The Kier molecular flexibility index (Phi) is 7.42. The molecule has 0 aliphatic heterocycles. The second-order valence-electron chi connectivity index (χ2n) is 7.98. The summed E-state index contributed by atoms with van der Waals surface area (Å²) in [7, 11) is 0. The zero-order chi connectivity index (χ0) is 21.6. The molecule has 2 aromatic rings. The van der Waals surface area contributed by atoms with Crippen LogP contribution >= 0.6 is 0 Å². The lowest BCUT2D eigenvalue weighted by molar-refractivity contribution is -0.134. The van der Waals surface area contributed by atoms with E-state index in [0.29, 0.717) is 36.1 Å². The van der Waals surface area contributed by atoms with Gasteiger partial charge in [-0.05, 0) is 63.8 Å². The Balaban J connectivity index is 2.05. The van der Waals surface area contributed by atoms with Gasteiger partial charge in [0.15, 0.2) is 0 Å². The van der Waals surface area contributed by atoms with Gasteiger partial charge in [-0.25, -0.2) is 9.59 Å². The molecule has 7 nitrogen and oxygen atoms in total. The summed E-state index contributed by atoms with van der Waals surface area (Å²) in [6.07, 6.45) is 1.55. The molecule has 1 heterocycles. The summed E-state index contributed by atoms with van der Waals surface area (Å²) in [6, 6.07) is 4.97. The highest BCUT2D eigenvalue weighted by Crippen LogP contribution is 2.31. The molecule has 0 bridgehead atoms. The van der Waals surface area contributed by atoms with Crippen molar-refractivity contribution in [1.29, 1.82) is 0 Å². The molecule has 0 spiro atoms. The summed E-state index contributed by atoms with van der Waals surface area (Å²) >= 11 is 0. The van der Waals surface area contributed by atoms with E-state index in [0.717, 1.165) is 17.5 Å².